The number of nitrogens with zero attached hydrogens (tertiary/aromatic N) is 5. The Balaban J connectivity index is 1.19. The lowest BCUT2D eigenvalue weighted by molar-refractivity contribution is 0.673. The zero-order chi connectivity index (χ0) is 40.3. The monoisotopic (exact) mass is 781 g/mol. The van der Waals surface area contributed by atoms with Gasteiger partial charge in [0.05, 0.1) is 16.4 Å². The number of rotatable bonds is 7. The second-order valence-electron chi connectivity index (χ2n) is 15.2. The maximum absolute atomic E-state index is 7.03. The number of aromatic nitrogens is 4. The highest BCUT2D eigenvalue weighted by atomic mass is 16.3. The number of para-hydroxylation sites is 2. The van der Waals surface area contributed by atoms with Crippen molar-refractivity contribution < 1.29 is 4.42 Å². The van der Waals surface area contributed by atoms with E-state index in [0.717, 1.165) is 93.8 Å². The number of anilines is 3. The Kier molecular flexibility index (Phi) is 8.06. The average Bonchev–Trinajstić information content (AvgIpc) is 3.88. The number of benzene rings is 9. The average molecular weight is 782 g/mol. The van der Waals surface area contributed by atoms with Gasteiger partial charge in [0.1, 0.15) is 11.2 Å². The van der Waals surface area contributed by atoms with Gasteiger partial charge in [-0.05, 0) is 82.6 Å². The van der Waals surface area contributed by atoms with E-state index in [4.69, 9.17) is 19.4 Å². The minimum absolute atomic E-state index is 0.529. The first-order chi connectivity index (χ1) is 30.3. The minimum Gasteiger partial charge on any atom is -0.455 e. The molecule has 0 fully saturated rings. The molecular formula is C55H35N5O. The second-order valence-corrected chi connectivity index (χ2v) is 15.2. The van der Waals surface area contributed by atoms with Crippen molar-refractivity contribution in [1.29, 1.82) is 0 Å². The molecule has 0 saturated carbocycles. The Labute approximate surface area is 351 Å². The summed E-state index contributed by atoms with van der Waals surface area (Å²) in [6.45, 7) is 0. The molecule has 12 rings (SSSR count). The predicted molar refractivity (Wildman–Crippen MR) is 250 cm³/mol. The van der Waals surface area contributed by atoms with Gasteiger partial charge in [0.25, 0.3) is 0 Å². The van der Waals surface area contributed by atoms with Gasteiger partial charge in [0.15, 0.2) is 11.6 Å². The van der Waals surface area contributed by atoms with E-state index in [2.05, 4.69) is 161 Å². The highest BCUT2D eigenvalue weighted by molar-refractivity contribution is 6.31. The molecule has 12 aromatic rings. The third-order valence-electron chi connectivity index (χ3n) is 11.6. The fraction of sp³-hybridized carbons (Fsp3) is 0. The number of hydrogen-bond acceptors (Lipinski definition) is 5. The normalized spacial score (nSPS) is 11.6. The van der Waals surface area contributed by atoms with E-state index in [-0.39, 0.29) is 0 Å². The molecule has 0 bridgehead atoms. The van der Waals surface area contributed by atoms with Crippen LogP contribution in [0, 0.1) is 0 Å². The van der Waals surface area contributed by atoms with Crippen LogP contribution >= 0.6 is 0 Å². The molecule has 6 nitrogen and oxygen atoms in total. The van der Waals surface area contributed by atoms with Gasteiger partial charge in [0.2, 0.25) is 5.95 Å². The Bertz CT molecular complexity index is 3470. The summed E-state index contributed by atoms with van der Waals surface area (Å²) in [5.41, 5.74) is 10.8. The van der Waals surface area contributed by atoms with Crippen LogP contribution in [-0.2, 0) is 0 Å². The molecule has 0 N–H and O–H groups in total. The minimum atomic E-state index is 0.529. The maximum Gasteiger partial charge on any atom is 0.238 e. The van der Waals surface area contributed by atoms with E-state index >= 15 is 0 Å². The first kappa shape index (κ1) is 34.7. The summed E-state index contributed by atoms with van der Waals surface area (Å²) in [6.07, 6.45) is 0. The van der Waals surface area contributed by atoms with Gasteiger partial charge in [-0.25, -0.2) is 4.98 Å². The van der Waals surface area contributed by atoms with Crippen molar-refractivity contribution >= 4 is 71.6 Å². The molecule has 0 spiro atoms. The van der Waals surface area contributed by atoms with E-state index in [0.29, 0.717) is 17.6 Å². The van der Waals surface area contributed by atoms with Crippen molar-refractivity contribution in [3.8, 4) is 39.9 Å². The van der Waals surface area contributed by atoms with E-state index in [9.17, 15) is 0 Å². The van der Waals surface area contributed by atoms with Crippen molar-refractivity contribution in [2.45, 2.75) is 0 Å². The Morgan fingerprint density at radius 1 is 0.377 bits per heavy atom. The van der Waals surface area contributed by atoms with E-state index in [1.165, 1.54) is 0 Å². The van der Waals surface area contributed by atoms with Crippen molar-refractivity contribution in [1.82, 2.24) is 19.5 Å². The number of furan rings is 1. The van der Waals surface area contributed by atoms with Crippen LogP contribution in [0.4, 0.5) is 17.1 Å². The summed E-state index contributed by atoms with van der Waals surface area (Å²) in [7, 11) is 0. The van der Waals surface area contributed by atoms with Crippen LogP contribution in [0.1, 0.15) is 0 Å². The van der Waals surface area contributed by atoms with Crippen LogP contribution in [0.5, 0.6) is 0 Å². The van der Waals surface area contributed by atoms with Gasteiger partial charge in [0, 0.05) is 44.3 Å². The van der Waals surface area contributed by atoms with Crippen LogP contribution < -0.4 is 4.90 Å². The Morgan fingerprint density at radius 3 is 1.52 bits per heavy atom. The molecule has 6 heteroatoms. The molecule has 61 heavy (non-hydrogen) atoms. The molecule has 0 aliphatic carbocycles. The first-order valence-corrected chi connectivity index (χ1v) is 20.4. The first-order valence-electron chi connectivity index (χ1n) is 20.4. The highest BCUT2D eigenvalue weighted by Crippen LogP contribution is 2.46. The van der Waals surface area contributed by atoms with Crippen molar-refractivity contribution in [2.24, 2.45) is 0 Å². The summed E-state index contributed by atoms with van der Waals surface area (Å²) in [4.78, 5) is 17.9. The quantitative estimate of drug-likeness (QED) is 0.161. The molecule has 3 aromatic heterocycles. The molecule has 0 unspecified atom stereocenters. The standard InChI is InChI=1S/C55H35N5O/c1-6-18-36(19-7-1)45-35-48-50(43-29-17-16-28-42(43)45)51-47(60(48)55-57-53(37-20-8-2-9-21-37)56-54(58-55)38-22-10-3-11-23-38)32-31-44-46-34-41(30-33-49(46)61-52(44)51)59(39-24-12-4-13-25-39)40-26-14-5-15-27-40/h1-35H. The summed E-state index contributed by atoms with van der Waals surface area (Å²) >= 11 is 0. The predicted octanol–water partition coefficient (Wildman–Crippen LogP) is 14.5. The smallest absolute Gasteiger partial charge is 0.238 e. The molecule has 3 heterocycles. The topological polar surface area (TPSA) is 60.0 Å². The van der Waals surface area contributed by atoms with Crippen molar-refractivity contribution in [2.75, 3.05) is 4.90 Å². The molecular weight excluding hydrogens is 747 g/mol. The third kappa shape index (κ3) is 5.76. The lowest BCUT2D eigenvalue weighted by atomic mass is 9.94. The molecule has 9 aromatic carbocycles. The van der Waals surface area contributed by atoms with Gasteiger partial charge in [-0.3, -0.25) is 4.57 Å². The fourth-order valence-corrected chi connectivity index (χ4v) is 8.89. The van der Waals surface area contributed by atoms with Gasteiger partial charge in [-0.1, -0.05) is 152 Å². The maximum atomic E-state index is 7.03. The Morgan fingerprint density at radius 2 is 0.918 bits per heavy atom. The number of hydrogen-bond donors (Lipinski definition) is 0. The van der Waals surface area contributed by atoms with Crippen LogP contribution in [0.25, 0.3) is 94.4 Å². The van der Waals surface area contributed by atoms with E-state index in [1.54, 1.807) is 0 Å². The molecule has 286 valence electrons. The third-order valence-corrected chi connectivity index (χ3v) is 11.6. The van der Waals surface area contributed by atoms with Crippen molar-refractivity contribution in [3.05, 3.63) is 212 Å². The van der Waals surface area contributed by atoms with E-state index in [1.807, 2.05) is 60.7 Å². The van der Waals surface area contributed by atoms with Crippen LogP contribution in [-0.4, -0.2) is 19.5 Å². The molecule has 0 atom stereocenters. The summed E-state index contributed by atoms with van der Waals surface area (Å²) in [5, 5.41) is 6.43. The molecule has 0 saturated heterocycles. The molecule has 0 radical (unpaired) electrons. The summed E-state index contributed by atoms with van der Waals surface area (Å²) < 4.78 is 9.24. The summed E-state index contributed by atoms with van der Waals surface area (Å²) in [5.74, 6) is 1.73. The van der Waals surface area contributed by atoms with Crippen molar-refractivity contribution in [3.63, 3.8) is 0 Å². The number of fused-ring (bicyclic) bond motifs is 9. The second kappa shape index (κ2) is 14.2. The van der Waals surface area contributed by atoms with Crippen LogP contribution in [0.2, 0.25) is 0 Å². The zero-order valence-electron chi connectivity index (χ0n) is 32.9. The van der Waals surface area contributed by atoms with Gasteiger partial charge < -0.3 is 9.32 Å². The van der Waals surface area contributed by atoms with Crippen LogP contribution in [0.15, 0.2) is 217 Å². The lowest BCUT2D eigenvalue weighted by Gasteiger charge is -2.25. The zero-order valence-corrected chi connectivity index (χ0v) is 32.9. The highest BCUT2D eigenvalue weighted by Gasteiger charge is 2.25. The SMILES string of the molecule is c1ccc(-c2nc(-c3ccccc3)nc(-n3c4cc(-c5ccccc5)c5ccccc5c4c4c5oc6ccc(N(c7ccccc7)c7ccccc7)cc6c5ccc43)n2)cc1. The lowest BCUT2D eigenvalue weighted by Crippen LogP contribution is -2.09. The van der Waals surface area contributed by atoms with Crippen LogP contribution in [0.3, 0.4) is 0 Å². The van der Waals surface area contributed by atoms with Gasteiger partial charge >= 0.3 is 0 Å². The van der Waals surface area contributed by atoms with E-state index < -0.39 is 0 Å². The molecule has 0 aliphatic heterocycles. The Hall–Kier alpha value is -8.35. The molecule has 0 amide bonds. The largest absolute Gasteiger partial charge is 0.455 e. The molecule has 0 aliphatic rings. The summed E-state index contributed by atoms with van der Waals surface area (Å²) in [6, 6.07) is 73.7. The van der Waals surface area contributed by atoms with Gasteiger partial charge in [-0.2, -0.15) is 9.97 Å². The van der Waals surface area contributed by atoms with Gasteiger partial charge in [-0.15, -0.1) is 0 Å². The fourth-order valence-electron chi connectivity index (χ4n) is 8.89.